The van der Waals surface area contributed by atoms with E-state index in [1.165, 1.54) is 24.1 Å². The van der Waals surface area contributed by atoms with E-state index in [4.69, 9.17) is 0 Å². The average molecular weight is 312 g/mol. The Labute approximate surface area is 120 Å². The highest BCUT2D eigenvalue weighted by Gasteiger charge is 2.47. The molecule has 18 heavy (non-hydrogen) atoms. The van der Waals surface area contributed by atoms with E-state index in [0.29, 0.717) is 17.7 Å². The topological polar surface area (TPSA) is 23.5 Å². The van der Waals surface area contributed by atoms with Gasteiger partial charge in [-0.1, -0.05) is 19.9 Å². The third kappa shape index (κ3) is 1.79. The maximum Gasteiger partial charge on any atom is 0.115 e. The fourth-order valence-corrected chi connectivity index (χ4v) is 3.82. The number of hydrogen-bond acceptors (Lipinski definition) is 2. The number of phenolic OH excluding ortho intramolecular Hbond substituents is 1. The van der Waals surface area contributed by atoms with E-state index in [-0.39, 0.29) is 22.4 Å². The monoisotopic (exact) mass is 311 g/mol. The fraction of sp³-hybridized carbons (Fsp3) is 0.600. The molecule has 0 amide bonds. The van der Waals surface area contributed by atoms with E-state index < -0.39 is 0 Å². The number of benzene rings is 1. The van der Waals surface area contributed by atoms with Crippen molar-refractivity contribution in [2.75, 3.05) is 13.6 Å². The molecule has 0 aromatic heterocycles. The summed E-state index contributed by atoms with van der Waals surface area (Å²) >= 11 is 0. The van der Waals surface area contributed by atoms with Crippen molar-refractivity contribution < 1.29 is 5.11 Å². The summed E-state index contributed by atoms with van der Waals surface area (Å²) in [5.41, 5.74) is 3.05. The molecule has 3 rings (SSSR count). The lowest BCUT2D eigenvalue weighted by Crippen LogP contribution is -2.56. The van der Waals surface area contributed by atoms with Gasteiger partial charge >= 0.3 is 0 Å². The molecule has 1 fully saturated rings. The first kappa shape index (κ1) is 13.9. The second-order valence-electron chi connectivity index (χ2n) is 6.05. The molecule has 0 radical (unpaired) electrons. The highest BCUT2D eigenvalue weighted by molar-refractivity contribution is 8.93. The molecule has 2 nitrogen and oxygen atoms in total. The molecule has 1 N–H and O–H groups in total. The standard InChI is InChI=1S/C15H21NO.BrH/c1-10-14-8-11-4-5-12(17)9-13(11)15(10,2)6-7-16(14)3;/h4-5,9-10,14,17H,6-8H2,1-3H3;1H/t10-,14-,15+;/m0./s1. The van der Waals surface area contributed by atoms with Crippen LogP contribution in [0.2, 0.25) is 0 Å². The number of fused-ring (bicyclic) bond motifs is 4. The van der Waals surface area contributed by atoms with E-state index in [1.807, 2.05) is 12.1 Å². The van der Waals surface area contributed by atoms with Crippen LogP contribution >= 0.6 is 17.0 Å². The summed E-state index contributed by atoms with van der Waals surface area (Å²) in [5.74, 6) is 1.07. The second-order valence-corrected chi connectivity index (χ2v) is 6.05. The number of piperidine rings is 1. The summed E-state index contributed by atoms with van der Waals surface area (Å²) in [4.78, 5) is 2.50. The molecule has 1 heterocycles. The van der Waals surface area contributed by atoms with Crippen molar-refractivity contribution in [2.45, 2.75) is 38.1 Å². The minimum absolute atomic E-state index is 0. The minimum Gasteiger partial charge on any atom is -0.508 e. The van der Waals surface area contributed by atoms with Gasteiger partial charge in [-0.2, -0.15) is 0 Å². The number of likely N-dealkylation sites (tertiary alicyclic amines) is 1. The van der Waals surface area contributed by atoms with E-state index in [1.54, 1.807) is 0 Å². The Morgan fingerprint density at radius 2 is 2.11 bits per heavy atom. The molecule has 0 unspecified atom stereocenters. The molecule has 1 aromatic rings. The Balaban J connectivity index is 0.00000120. The number of hydrogen-bond donors (Lipinski definition) is 1. The maximum atomic E-state index is 9.73. The summed E-state index contributed by atoms with van der Waals surface area (Å²) in [6, 6.07) is 6.59. The van der Waals surface area contributed by atoms with Crippen LogP contribution in [0.1, 0.15) is 31.4 Å². The molecule has 0 spiro atoms. The minimum atomic E-state index is 0. The van der Waals surface area contributed by atoms with Crippen LogP contribution in [0.25, 0.3) is 0 Å². The van der Waals surface area contributed by atoms with Crippen molar-refractivity contribution in [1.82, 2.24) is 4.90 Å². The van der Waals surface area contributed by atoms with Gasteiger partial charge in [0.1, 0.15) is 5.75 Å². The third-order valence-electron chi connectivity index (χ3n) is 5.27. The quantitative estimate of drug-likeness (QED) is 0.795. The summed E-state index contributed by atoms with van der Waals surface area (Å²) in [6.07, 6.45) is 2.32. The predicted octanol–water partition coefficient (Wildman–Crippen LogP) is 3.12. The second kappa shape index (κ2) is 4.53. The number of rotatable bonds is 0. The molecule has 1 aliphatic carbocycles. The number of nitrogens with zero attached hydrogens (tertiary/aromatic N) is 1. The van der Waals surface area contributed by atoms with Crippen molar-refractivity contribution in [3.63, 3.8) is 0 Å². The van der Waals surface area contributed by atoms with E-state index in [2.05, 4.69) is 31.9 Å². The molecule has 2 aliphatic rings. The van der Waals surface area contributed by atoms with Crippen molar-refractivity contribution >= 4 is 17.0 Å². The van der Waals surface area contributed by atoms with Crippen LogP contribution in [-0.2, 0) is 11.8 Å². The fourth-order valence-electron chi connectivity index (χ4n) is 3.82. The van der Waals surface area contributed by atoms with Crippen molar-refractivity contribution in [3.05, 3.63) is 29.3 Å². The molecule has 1 aliphatic heterocycles. The zero-order valence-electron chi connectivity index (χ0n) is 11.3. The van der Waals surface area contributed by atoms with Gasteiger partial charge in [0.2, 0.25) is 0 Å². The smallest absolute Gasteiger partial charge is 0.115 e. The number of halogens is 1. The first-order valence-electron chi connectivity index (χ1n) is 6.55. The Morgan fingerprint density at radius 3 is 2.83 bits per heavy atom. The van der Waals surface area contributed by atoms with E-state index in [9.17, 15) is 5.11 Å². The predicted molar refractivity (Wildman–Crippen MR) is 79.7 cm³/mol. The summed E-state index contributed by atoms with van der Waals surface area (Å²) in [5, 5.41) is 9.73. The summed E-state index contributed by atoms with van der Waals surface area (Å²) in [7, 11) is 2.24. The highest BCUT2D eigenvalue weighted by Crippen LogP contribution is 2.48. The lowest BCUT2D eigenvalue weighted by molar-refractivity contribution is 0.0506. The van der Waals surface area contributed by atoms with E-state index >= 15 is 0 Å². The van der Waals surface area contributed by atoms with Gasteiger partial charge in [0.05, 0.1) is 0 Å². The van der Waals surface area contributed by atoms with Crippen LogP contribution in [0, 0.1) is 5.92 Å². The normalized spacial score (nSPS) is 34.6. The molecular weight excluding hydrogens is 290 g/mol. The van der Waals surface area contributed by atoms with Crippen LogP contribution in [-0.4, -0.2) is 29.6 Å². The van der Waals surface area contributed by atoms with Gasteiger partial charge in [-0.25, -0.2) is 0 Å². The first-order chi connectivity index (χ1) is 8.02. The average Bonchev–Trinajstić information content (AvgIpc) is 2.30. The molecule has 100 valence electrons. The zero-order chi connectivity index (χ0) is 12.2. The number of aromatic hydroxyl groups is 1. The molecule has 3 heteroatoms. The summed E-state index contributed by atoms with van der Waals surface area (Å²) in [6.45, 7) is 5.91. The lowest BCUT2D eigenvalue weighted by atomic mass is 9.59. The molecule has 3 atom stereocenters. The Morgan fingerprint density at radius 1 is 1.39 bits per heavy atom. The van der Waals surface area contributed by atoms with Crippen LogP contribution in [0.5, 0.6) is 5.75 Å². The molecule has 0 saturated carbocycles. The van der Waals surface area contributed by atoms with Crippen molar-refractivity contribution in [1.29, 1.82) is 0 Å². The van der Waals surface area contributed by atoms with Gasteiger partial charge in [0, 0.05) is 6.04 Å². The zero-order valence-corrected chi connectivity index (χ0v) is 13.0. The van der Waals surface area contributed by atoms with Crippen LogP contribution in [0.3, 0.4) is 0 Å². The summed E-state index contributed by atoms with van der Waals surface area (Å²) < 4.78 is 0. The SMILES string of the molecule is Br.C[C@H]1[C@@H]2Cc3ccc(O)cc3[C@]1(C)CCN2C. The molecule has 2 bridgehead atoms. The van der Waals surface area contributed by atoms with Gasteiger partial charge < -0.3 is 10.0 Å². The van der Waals surface area contributed by atoms with Crippen LogP contribution in [0.4, 0.5) is 0 Å². The van der Waals surface area contributed by atoms with Crippen molar-refractivity contribution in [3.8, 4) is 5.75 Å². The Hall–Kier alpha value is -0.540. The largest absolute Gasteiger partial charge is 0.508 e. The molecule has 1 aromatic carbocycles. The van der Waals surface area contributed by atoms with Crippen molar-refractivity contribution in [2.24, 2.45) is 5.92 Å². The van der Waals surface area contributed by atoms with Gasteiger partial charge in [-0.3, -0.25) is 0 Å². The number of phenols is 1. The van der Waals surface area contributed by atoms with Gasteiger partial charge in [0.25, 0.3) is 0 Å². The number of likely N-dealkylation sites (N-methyl/N-ethyl adjacent to an activating group) is 1. The Bertz CT molecular complexity index is 462. The molecule has 1 saturated heterocycles. The first-order valence-corrected chi connectivity index (χ1v) is 6.55. The Kier molecular flexibility index (Phi) is 3.50. The molecular formula is C15H22BrNO. The lowest BCUT2D eigenvalue weighted by Gasteiger charge is -2.53. The van der Waals surface area contributed by atoms with Crippen LogP contribution in [0.15, 0.2) is 18.2 Å². The van der Waals surface area contributed by atoms with E-state index in [0.717, 1.165) is 6.42 Å². The maximum absolute atomic E-state index is 9.73. The van der Waals surface area contributed by atoms with Gasteiger partial charge in [-0.05, 0) is 61.0 Å². The highest BCUT2D eigenvalue weighted by atomic mass is 79.9. The third-order valence-corrected chi connectivity index (χ3v) is 5.27. The van der Waals surface area contributed by atoms with Gasteiger partial charge in [0.15, 0.2) is 0 Å². The van der Waals surface area contributed by atoms with Crippen LogP contribution < -0.4 is 0 Å². The van der Waals surface area contributed by atoms with Gasteiger partial charge in [-0.15, -0.1) is 17.0 Å².